The molecule has 1 aromatic heterocycles. The lowest BCUT2D eigenvalue weighted by molar-refractivity contribution is 0.296. The molecule has 0 bridgehead atoms. The van der Waals surface area contributed by atoms with Crippen LogP contribution in [0.4, 0.5) is 0 Å². The summed E-state index contributed by atoms with van der Waals surface area (Å²) in [7, 11) is 0. The predicted molar refractivity (Wildman–Crippen MR) is 72.0 cm³/mol. The summed E-state index contributed by atoms with van der Waals surface area (Å²) >= 11 is 1.39. The minimum absolute atomic E-state index is 0.962. The van der Waals surface area contributed by atoms with Crippen molar-refractivity contribution in [1.82, 2.24) is 14.5 Å². The summed E-state index contributed by atoms with van der Waals surface area (Å²) in [6.07, 6.45) is 0. The molecule has 0 N–H and O–H groups in total. The zero-order valence-corrected chi connectivity index (χ0v) is 11.1. The first-order chi connectivity index (χ1) is 8.33. The Hall–Kier alpha value is -1.26. The van der Waals surface area contributed by atoms with Crippen LogP contribution >= 0.6 is 11.5 Å². The Balaban J connectivity index is 2.08. The van der Waals surface area contributed by atoms with Gasteiger partial charge in [-0.05, 0) is 30.2 Å². The summed E-state index contributed by atoms with van der Waals surface area (Å²) in [4.78, 5) is 2.40. The van der Waals surface area contributed by atoms with E-state index < -0.39 is 0 Å². The largest absolute Gasteiger partial charge is 0.300 e. The van der Waals surface area contributed by atoms with Gasteiger partial charge in [0.1, 0.15) is 5.69 Å². The summed E-state index contributed by atoms with van der Waals surface area (Å²) in [5, 5.41) is 6.04. The van der Waals surface area contributed by atoms with Crippen LogP contribution in [0.3, 0.4) is 0 Å². The van der Waals surface area contributed by atoms with Crippen LogP contribution in [0.1, 0.15) is 19.4 Å². The molecule has 90 valence electrons. The van der Waals surface area contributed by atoms with Gasteiger partial charge >= 0.3 is 0 Å². The molecule has 17 heavy (non-hydrogen) atoms. The molecule has 0 aliphatic heterocycles. The van der Waals surface area contributed by atoms with Gasteiger partial charge in [-0.2, -0.15) is 0 Å². The Bertz CT molecular complexity index is 432. The fourth-order valence-corrected chi connectivity index (χ4v) is 2.24. The lowest BCUT2D eigenvalue weighted by Crippen LogP contribution is -2.21. The molecule has 1 aromatic carbocycles. The predicted octanol–water partition coefficient (Wildman–Crippen LogP) is 3.05. The molecule has 0 unspecified atom stereocenters. The minimum Gasteiger partial charge on any atom is -0.300 e. The molecule has 0 saturated carbocycles. The van der Waals surface area contributed by atoms with Crippen LogP contribution in [0.5, 0.6) is 0 Å². The molecule has 0 fully saturated rings. The summed E-state index contributed by atoms with van der Waals surface area (Å²) < 4.78 is 3.88. The van der Waals surface area contributed by atoms with Gasteiger partial charge in [0.15, 0.2) is 0 Å². The normalized spacial score (nSPS) is 11.0. The number of benzene rings is 1. The maximum atomic E-state index is 4.07. The molecule has 0 aliphatic rings. The lowest BCUT2D eigenvalue weighted by atomic mass is 10.1. The number of aromatic nitrogens is 2. The van der Waals surface area contributed by atoms with Gasteiger partial charge in [0, 0.05) is 17.5 Å². The Morgan fingerprint density at radius 1 is 1.12 bits per heavy atom. The Morgan fingerprint density at radius 3 is 2.35 bits per heavy atom. The minimum atomic E-state index is 0.962. The van der Waals surface area contributed by atoms with Crippen molar-refractivity contribution < 1.29 is 0 Å². The van der Waals surface area contributed by atoms with Crippen molar-refractivity contribution in [3.8, 4) is 11.3 Å². The summed E-state index contributed by atoms with van der Waals surface area (Å²) in [5.74, 6) is 0. The van der Waals surface area contributed by atoms with Gasteiger partial charge in [-0.15, -0.1) is 5.10 Å². The van der Waals surface area contributed by atoms with Crippen LogP contribution in [-0.2, 0) is 6.54 Å². The van der Waals surface area contributed by atoms with Gasteiger partial charge in [-0.3, -0.25) is 4.90 Å². The zero-order valence-electron chi connectivity index (χ0n) is 10.3. The van der Waals surface area contributed by atoms with Crippen molar-refractivity contribution in [1.29, 1.82) is 0 Å². The first-order valence-electron chi connectivity index (χ1n) is 5.92. The average molecular weight is 247 g/mol. The molecule has 0 amide bonds. The van der Waals surface area contributed by atoms with Crippen LogP contribution in [0.2, 0.25) is 0 Å². The average Bonchev–Trinajstić information content (AvgIpc) is 2.90. The van der Waals surface area contributed by atoms with E-state index >= 15 is 0 Å². The van der Waals surface area contributed by atoms with Crippen LogP contribution in [-0.4, -0.2) is 27.6 Å². The van der Waals surface area contributed by atoms with E-state index in [0.29, 0.717) is 0 Å². The third-order valence-electron chi connectivity index (χ3n) is 2.91. The van der Waals surface area contributed by atoms with Crippen molar-refractivity contribution in [3.05, 3.63) is 35.2 Å². The van der Waals surface area contributed by atoms with E-state index in [1.807, 2.05) is 5.38 Å². The van der Waals surface area contributed by atoms with Gasteiger partial charge in [-0.1, -0.05) is 42.6 Å². The molecule has 2 rings (SSSR count). The fraction of sp³-hybridized carbons (Fsp3) is 0.385. The van der Waals surface area contributed by atoms with Crippen LogP contribution in [0.15, 0.2) is 29.6 Å². The van der Waals surface area contributed by atoms with E-state index in [4.69, 9.17) is 0 Å². The molecule has 1 heterocycles. The second-order valence-electron chi connectivity index (χ2n) is 3.95. The maximum absolute atomic E-state index is 4.07. The Kier molecular flexibility index (Phi) is 4.23. The summed E-state index contributed by atoms with van der Waals surface area (Å²) in [5.41, 5.74) is 3.45. The molecule has 0 spiro atoms. The SMILES string of the molecule is CCN(CC)Cc1ccc(-c2csnn2)cc1. The first kappa shape index (κ1) is 12.2. The number of nitrogens with zero attached hydrogens (tertiary/aromatic N) is 3. The second kappa shape index (κ2) is 5.89. The Morgan fingerprint density at radius 2 is 1.82 bits per heavy atom. The standard InChI is InChI=1S/C13H17N3S/c1-3-16(4-2)9-11-5-7-12(8-6-11)13-10-17-15-14-13/h5-8,10H,3-4,9H2,1-2H3. The zero-order chi connectivity index (χ0) is 12.1. The second-order valence-corrected chi connectivity index (χ2v) is 4.56. The van der Waals surface area contributed by atoms with E-state index in [-0.39, 0.29) is 0 Å². The Labute approximate surface area is 106 Å². The van der Waals surface area contributed by atoms with E-state index in [0.717, 1.165) is 30.9 Å². The molecular weight excluding hydrogens is 230 g/mol. The van der Waals surface area contributed by atoms with Crippen molar-refractivity contribution in [3.63, 3.8) is 0 Å². The van der Waals surface area contributed by atoms with Gasteiger partial charge in [0.05, 0.1) is 0 Å². The smallest absolute Gasteiger partial charge is 0.105 e. The van der Waals surface area contributed by atoms with Crippen LogP contribution < -0.4 is 0 Å². The van der Waals surface area contributed by atoms with Crippen molar-refractivity contribution in [2.45, 2.75) is 20.4 Å². The molecule has 0 radical (unpaired) electrons. The number of rotatable bonds is 5. The third kappa shape index (κ3) is 3.11. The molecule has 0 aliphatic carbocycles. The summed E-state index contributed by atoms with van der Waals surface area (Å²) in [6.45, 7) is 7.59. The molecule has 0 atom stereocenters. The topological polar surface area (TPSA) is 29.0 Å². The maximum Gasteiger partial charge on any atom is 0.105 e. The van der Waals surface area contributed by atoms with E-state index in [2.05, 4.69) is 52.6 Å². The fourth-order valence-electron chi connectivity index (χ4n) is 1.78. The van der Waals surface area contributed by atoms with Crippen molar-refractivity contribution in [2.24, 2.45) is 0 Å². The molecule has 0 saturated heterocycles. The highest BCUT2D eigenvalue weighted by Gasteiger charge is 2.03. The molecule has 3 nitrogen and oxygen atoms in total. The van der Waals surface area contributed by atoms with Crippen LogP contribution in [0, 0.1) is 0 Å². The quantitative estimate of drug-likeness (QED) is 0.813. The van der Waals surface area contributed by atoms with E-state index in [1.54, 1.807) is 0 Å². The first-order valence-corrected chi connectivity index (χ1v) is 6.75. The van der Waals surface area contributed by atoms with Crippen molar-refractivity contribution in [2.75, 3.05) is 13.1 Å². The molecule has 2 aromatic rings. The van der Waals surface area contributed by atoms with Crippen LogP contribution in [0.25, 0.3) is 11.3 Å². The highest BCUT2D eigenvalue weighted by atomic mass is 32.1. The third-order valence-corrected chi connectivity index (χ3v) is 3.41. The molecular formula is C13H17N3S. The monoisotopic (exact) mass is 247 g/mol. The number of hydrogen-bond donors (Lipinski definition) is 0. The van der Waals surface area contributed by atoms with E-state index in [9.17, 15) is 0 Å². The van der Waals surface area contributed by atoms with Gasteiger partial charge in [-0.25, -0.2) is 0 Å². The van der Waals surface area contributed by atoms with Gasteiger partial charge in [0.25, 0.3) is 0 Å². The molecule has 4 heteroatoms. The van der Waals surface area contributed by atoms with Gasteiger partial charge in [0.2, 0.25) is 0 Å². The highest BCUT2D eigenvalue weighted by Crippen LogP contribution is 2.18. The lowest BCUT2D eigenvalue weighted by Gasteiger charge is -2.17. The van der Waals surface area contributed by atoms with Crippen molar-refractivity contribution >= 4 is 11.5 Å². The van der Waals surface area contributed by atoms with E-state index in [1.165, 1.54) is 17.1 Å². The summed E-state index contributed by atoms with van der Waals surface area (Å²) in [6, 6.07) is 8.59. The highest BCUT2D eigenvalue weighted by molar-refractivity contribution is 7.03. The number of hydrogen-bond acceptors (Lipinski definition) is 4. The van der Waals surface area contributed by atoms with Gasteiger partial charge < -0.3 is 0 Å².